The summed E-state index contributed by atoms with van der Waals surface area (Å²) in [6.07, 6.45) is 1.63. The Morgan fingerprint density at radius 1 is 1.10 bits per heavy atom. The van der Waals surface area contributed by atoms with Crippen molar-refractivity contribution in [3.63, 3.8) is 0 Å². The lowest BCUT2D eigenvalue weighted by Gasteiger charge is -2.19. The summed E-state index contributed by atoms with van der Waals surface area (Å²) in [5.74, 6) is 1.95. The van der Waals surface area contributed by atoms with Crippen LogP contribution in [0.5, 0.6) is 0 Å². The van der Waals surface area contributed by atoms with Crippen LogP contribution in [0.4, 0.5) is 23.1 Å². The van der Waals surface area contributed by atoms with E-state index < -0.39 is 10.0 Å². The number of hydrogen-bond acceptors (Lipinski definition) is 7. The van der Waals surface area contributed by atoms with Crippen molar-refractivity contribution in [1.29, 1.82) is 0 Å². The molecular formula is C20H21N7O2S. The minimum absolute atomic E-state index is 0.0136. The standard InChI is InChI=1S/C20H21N7O2S/c1-13-23-17-12-15(7-8-18(17)26(13)2)27(3)19-9-10-22-20(25-19)24-14-5-4-6-16(11-14)30(21,28)29/h4-12H,1-3H3,(H2,21,28,29)(H,22,24,25). The maximum atomic E-state index is 11.6. The van der Waals surface area contributed by atoms with Crippen molar-refractivity contribution in [3.8, 4) is 0 Å². The maximum absolute atomic E-state index is 11.6. The van der Waals surface area contributed by atoms with Gasteiger partial charge in [0, 0.05) is 31.7 Å². The second-order valence-electron chi connectivity index (χ2n) is 6.89. The number of sulfonamides is 1. The van der Waals surface area contributed by atoms with Gasteiger partial charge in [0.2, 0.25) is 16.0 Å². The fourth-order valence-corrected chi connectivity index (χ4v) is 3.69. The molecule has 0 saturated carbocycles. The smallest absolute Gasteiger partial charge is 0.238 e. The van der Waals surface area contributed by atoms with Crippen molar-refractivity contribution in [2.24, 2.45) is 12.2 Å². The lowest BCUT2D eigenvalue weighted by atomic mass is 10.2. The van der Waals surface area contributed by atoms with Crippen LogP contribution in [0.25, 0.3) is 11.0 Å². The van der Waals surface area contributed by atoms with Gasteiger partial charge in [0.05, 0.1) is 15.9 Å². The van der Waals surface area contributed by atoms with Crippen LogP contribution in [-0.2, 0) is 17.1 Å². The number of fused-ring (bicyclic) bond motifs is 1. The Morgan fingerprint density at radius 3 is 2.67 bits per heavy atom. The van der Waals surface area contributed by atoms with Gasteiger partial charge in [-0.1, -0.05) is 6.07 Å². The Kier molecular flexibility index (Phi) is 4.88. The predicted molar refractivity (Wildman–Crippen MR) is 117 cm³/mol. The van der Waals surface area contributed by atoms with E-state index in [1.807, 2.05) is 48.7 Å². The van der Waals surface area contributed by atoms with E-state index in [1.54, 1.807) is 24.4 Å². The van der Waals surface area contributed by atoms with Gasteiger partial charge in [0.15, 0.2) is 0 Å². The first kappa shape index (κ1) is 19.8. The van der Waals surface area contributed by atoms with Gasteiger partial charge in [-0.05, 0) is 49.4 Å². The fourth-order valence-electron chi connectivity index (χ4n) is 3.13. The number of anilines is 4. The SMILES string of the molecule is Cc1nc2cc(N(C)c3ccnc(Nc4cccc(S(N)(=O)=O)c4)n3)ccc2n1C. The van der Waals surface area contributed by atoms with Gasteiger partial charge in [-0.25, -0.2) is 23.5 Å². The zero-order chi connectivity index (χ0) is 21.5. The van der Waals surface area contributed by atoms with E-state index in [0.717, 1.165) is 22.5 Å². The van der Waals surface area contributed by atoms with Gasteiger partial charge in [-0.2, -0.15) is 4.98 Å². The summed E-state index contributed by atoms with van der Waals surface area (Å²) in [5.41, 5.74) is 3.42. The minimum Gasteiger partial charge on any atom is -0.331 e. The second-order valence-corrected chi connectivity index (χ2v) is 8.45. The number of nitrogens with two attached hydrogens (primary N) is 1. The molecule has 2 aromatic carbocycles. The van der Waals surface area contributed by atoms with E-state index in [9.17, 15) is 8.42 Å². The van der Waals surface area contributed by atoms with Crippen LogP contribution in [0.2, 0.25) is 0 Å². The highest BCUT2D eigenvalue weighted by molar-refractivity contribution is 7.89. The lowest BCUT2D eigenvalue weighted by Crippen LogP contribution is -2.13. The molecule has 4 rings (SSSR count). The zero-order valence-corrected chi connectivity index (χ0v) is 17.6. The van der Waals surface area contributed by atoms with Crippen LogP contribution in [-0.4, -0.2) is 35.0 Å². The number of nitrogens with zero attached hydrogens (tertiary/aromatic N) is 5. The molecule has 4 aromatic rings. The van der Waals surface area contributed by atoms with Crippen LogP contribution in [0.3, 0.4) is 0 Å². The van der Waals surface area contributed by atoms with Crippen LogP contribution in [0.1, 0.15) is 5.82 Å². The van der Waals surface area contributed by atoms with Gasteiger partial charge in [-0.3, -0.25) is 0 Å². The molecule has 0 fully saturated rings. The average molecular weight is 424 g/mol. The van der Waals surface area contributed by atoms with Crippen molar-refractivity contribution in [1.82, 2.24) is 19.5 Å². The monoisotopic (exact) mass is 423 g/mol. The van der Waals surface area contributed by atoms with Crippen LogP contribution in [0.15, 0.2) is 59.6 Å². The van der Waals surface area contributed by atoms with Crippen molar-refractivity contribution in [3.05, 3.63) is 60.6 Å². The molecule has 154 valence electrons. The summed E-state index contributed by atoms with van der Waals surface area (Å²) in [4.78, 5) is 15.3. The first-order valence-corrected chi connectivity index (χ1v) is 10.7. The molecule has 30 heavy (non-hydrogen) atoms. The molecule has 0 aliphatic carbocycles. The lowest BCUT2D eigenvalue weighted by molar-refractivity contribution is 0.598. The molecule has 0 amide bonds. The third-order valence-corrected chi connectivity index (χ3v) is 5.79. The van der Waals surface area contributed by atoms with Gasteiger partial charge < -0.3 is 14.8 Å². The second kappa shape index (κ2) is 7.39. The molecule has 3 N–H and O–H groups in total. The van der Waals surface area contributed by atoms with E-state index >= 15 is 0 Å². The molecule has 9 nitrogen and oxygen atoms in total. The third kappa shape index (κ3) is 3.82. The van der Waals surface area contributed by atoms with E-state index in [1.165, 1.54) is 12.1 Å². The van der Waals surface area contributed by atoms with Crippen molar-refractivity contribution in [2.45, 2.75) is 11.8 Å². The highest BCUT2D eigenvalue weighted by atomic mass is 32.2. The average Bonchev–Trinajstić information content (AvgIpc) is 3.00. The first-order chi connectivity index (χ1) is 14.2. The first-order valence-electron chi connectivity index (χ1n) is 9.12. The Balaban J connectivity index is 1.62. The number of rotatable bonds is 5. The summed E-state index contributed by atoms with van der Waals surface area (Å²) in [7, 11) is 0.104. The molecule has 0 bridgehead atoms. The normalized spacial score (nSPS) is 11.6. The number of aryl methyl sites for hydroxylation is 2. The summed E-state index contributed by atoms with van der Waals surface area (Å²) >= 11 is 0. The van der Waals surface area contributed by atoms with E-state index in [4.69, 9.17) is 5.14 Å². The van der Waals surface area contributed by atoms with Crippen molar-refractivity contribution >= 4 is 44.2 Å². The Hall–Kier alpha value is -3.50. The van der Waals surface area contributed by atoms with Gasteiger partial charge in [0.1, 0.15) is 11.6 Å². The Labute approximate surface area is 174 Å². The Morgan fingerprint density at radius 2 is 1.90 bits per heavy atom. The van der Waals surface area contributed by atoms with Crippen LogP contribution < -0.4 is 15.4 Å². The van der Waals surface area contributed by atoms with E-state index in [2.05, 4.69) is 20.3 Å². The summed E-state index contributed by atoms with van der Waals surface area (Å²) in [5, 5.41) is 8.22. The topological polar surface area (TPSA) is 119 Å². The number of nitrogens with one attached hydrogen (secondary N) is 1. The molecule has 0 aliphatic rings. The number of benzene rings is 2. The van der Waals surface area contributed by atoms with E-state index in [0.29, 0.717) is 17.5 Å². The highest BCUT2D eigenvalue weighted by Gasteiger charge is 2.12. The quantitative estimate of drug-likeness (QED) is 0.506. The number of primary sulfonamides is 1. The molecule has 0 saturated heterocycles. The van der Waals surface area contributed by atoms with E-state index in [-0.39, 0.29) is 4.90 Å². The molecule has 2 heterocycles. The molecular weight excluding hydrogens is 402 g/mol. The Bertz CT molecular complexity index is 1350. The minimum atomic E-state index is -3.79. The summed E-state index contributed by atoms with van der Waals surface area (Å²) < 4.78 is 25.2. The van der Waals surface area contributed by atoms with Gasteiger partial charge in [-0.15, -0.1) is 0 Å². The number of hydrogen-bond donors (Lipinski definition) is 2. The zero-order valence-electron chi connectivity index (χ0n) is 16.7. The maximum Gasteiger partial charge on any atom is 0.238 e. The largest absolute Gasteiger partial charge is 0.331 e. The highest BCUT2D eigenvalue weighted by Crippen LogP contribution is 2.27. The summed E-state index contributed by atoms with van der Waals surface area (Å²) in [6.45, 7) is 1.97. The molecule has 2 aromatic heterocycles. The molecule has 0 unspecified atom stereocenters. The summed E-state index contributed by atoms with van der Waals surface area (Å²) in [6, 6.07) is 14.0. The van der Waals surface area contributed by atoms with Gasteiger partial charge in [0.25, 0.3) is 0 Å². The van der Waals surface area contributed by atoms with Crippen molar-refractivity contribution in [2.75, 3.05) is 17.3 Å². The number of aromatic nitrogens is 4. The molecule has 0 radical (unpaired) electrons. The third-order valence-electron chi connectivity index (χ3n) is 4.88. The molecule has 10 heteroatoms. The molecule has 0 spiro atoms. The van der Waals surface area contributed by atoms with Crippen LogP contribution >= 0.6 is 0 Å². The van der Waals surface area contributed by atoms with Crippen LogP contribution in [0, 0.1) is 6.92 Å². The molecule has 0 aliphatic heterocycles. The predicted octanol–water partition coefficient (Wildman–Crippen LogP) is 2.83. The van der Waals surface area contributed by atoms with Gasteiger partial charge >= 0.3 is 0 Å². The molecule has 0 atom stereocenters. The fraction of sp³-hybridized carbons (Fsp3) is 0.150. The van der Waals surface area contributed by atoms with Crippen molar-refractivity contribution < 1.29 is 8.42 Å². The number of imidazole rings is 1.